The summed E-state index contributed by atoms with van der Waals surface area (Å²) in [5.74, 6) is -0.341. The zero-order valence-corrected chi connectivity index (χ0v) is 16.6. The molecule has 3 aromatic rings. The smallest absolute Gasteiger partial charge is 0.249 e. The number of nitrogens with one attached hydrogen (secondary N) is 2. The summed E-state index contributed by atoms with van der Waals surface area (Å²) < 4.78 is 10.8. The summed E-state index contributed by atoms with van der Waals surface area (Å²) in [5, 5.41) is 6.45. The minimum Gasteiger partial charge on any atom is -0.495 e. The van der Waals surface area contributed by atoms with Crippen LogP contribution in [0, 0.1) is 0 Å². The van der Waals surface area contributed by atoms with Crippen LogP contribution >= 0.6 is 0 Å². The third kappa shape index (κ3) is 4.27. The van der Waals surface area contributed by atoms with Gasteiger partial charge in [0, 0.05) is 0 Å². The highest BCUT2D eigenvalue weighted by Gasteiger charge is 2.19. The van der Waals surface area contributed by atoms with Crippen molar-refractivity contribution in [3.05, 3.63) is 71.8 Å². The Morgan fingerprint density at radius 1 is 0.667 bits per heavy atom. The second-order valence-corrected chi connectivity index (χ2v) is 6.32. The second kappa shape index (κ2) is 8.87. The molecule has 0 aromatic heterocycles. The molecule has 0 saturated carbocycles. The van der Waals surface area contributed by atoms with E-state index in [0.29, 0.717) is 34.2 Å². The van der Waals surface area contributed by atoms with E-state index in [4.69, 9.17) is 20.9 Å². The van der Waals surface area contributed by atoms with Gasteiger partial charge in [0.15, 0.2) is 0 Å². The summed E-state index contributed by atoms with van der Waals surface area (Å²) >= 11 is 0. The van der Waals surface area contributed by atoms with E-state index in [1.807, 2.05) is 36.4 Å². The van der Waals surface area contributed by atoms with Crippen LogP contribution in [0.1, 0.15) is 20.7 Å². The molecule has 0 aliphatic rings. The van der Waals surface area contributed by atoms with Crippen molar-refractivity contribution >= 4 is 34.6 Å². The number of benzene rings is 3. The van der Waals surface area contributed by atoms with Gasteiger partial charge in [-0.15, -0.1) is 0 Å². The number of amides is 2. The fraction of sp³-hybridized carbons (Fsp3) is 0.0909. The summed E-state index contributed by atoms with van der Waals surface area (Å²) in [6.45, 7) is 0. The van der Waals surface area contributed by atoms with E-state index in [2.05, 4.69) is 10.6 Å². The molecule has 0 atom stereocenters. The lowest BCUT2D eigenvalue weighted by molar-refractivity contribution is 0.0967. The van der Waals surface area contributed by atoms with Gasteiger partial charge in [-0.05, 0) is 36.4 Å². The van der Waals surface area contributed by atoms with Crippen molar-refractivity contribution in [3.63, 3.8) is 0 Å². The molecular weight excluding hydrogens is 384 g/mol. The van der Waals surface area contributed by atoms with E-state index in [9.17, 15) is 9.59 Å². The van der Waals surface area contributed by atoms with E-state index in [1.165, 1.54) is 12.1 Å². The first-order chi connectivity index (χ1) is 14.4. The quantitative estimate of drug-likeness (QED) is 0.454. The average Bonchev–Trinajstić information content (AvgIpc) is 2.75. The van der Waals surface area contributed by atoms with Crippen molar-refractivity contribution in [2.45, 2.75) is 0 Å². The number of primary amides is 2. The molecule has 8 heteroatoms. The summed E-state index contributed by atoms with van der Waals surface area (Å²) in [6.07, 6.45) is 0. The molecule has 0 fully saturated rings. The maximum atomic E-state index is 11.9. The molecule has 0 bridgehead atoms. The fourth-order valence-electron chi connectivity index (χ4n) is 3.00. The summed E-state index contributed by atoms with van der Waals surface area (Å²) in [7, 11) is 3.11. The van der Waals surface area contributed by atoms with Crippen LogP contribution in [0.5, 0.6) is 11.5 Å². The topological polar surface area (TPSA) is 129 Å². The van der Waals surface area contributed by atoms with Crippen molar-refractivity contribution in [1.82, 2.24) is 0 Å². The molecule has 3 aromatic carbocycles. The van der Waals surface area contributed by atoms with Crippen molar-refractivity contribution in [2.24, 2.45) is 11.5 Å². The Bertz CT molecular complexity index is 1010. The number of nitrogens with two attached hydrogens (primary N) is 2. The largest absolute Gasteiger partial charge is 0.495 e. The molecule has 6 N–H and O–H groups in total. The van der Waals surface area contributed by atoms with Gasteiger partial charge in [-0.2, -0.15) is 0 Å². The lowest BCUT2D eigenvalue weighted by Gasteiger charge is -2.19. The normalized spacial score (nSPS) is 10.2. The van der Waals surface area contributed by atoms with Crippen LogP contribution in [0.15, 0.2) is 60.7 Å². The zero-order valence-electron chi connectivity index (χ0n) is 16.6. The van der Waals surface area contributed by atoms with Crippen LogP contribution in [0.3, 0.4) is 0 Å². The molecule has 0 spiro atoms. The van der Waals surface area contributed by atoms with Crippen LogP contribution < -0.4 is 31.6 Å². The van der Waals surface area contributed by atoms with Crippen LogP contribution in [0.4, 0.5) is 22.7 Å². The monoisotopic (exact) mass is 406 g/mol. The van der Waals surface area contributed by atoms with Crippen LogP contribution in [-0.4, -0.2) is 26.0 Å². The molecule has 0 unspecified atom stereocenters. The molecule has 8 nitrogen and oxygen atoms in total. The maximum absolute atomic E-state index is 11.9. The van der Waals surface area contributed by atoms with Gasteiger partial charge in [-0.25, -0.2) is 0 Å². The minimum absolute atomic E-state index is 0.00507. The standard InChI is InChI=1S/C22H22N4O4/c1-29-19-9-5-3-7-15(19)25-17-11-13(21(23)27)14(22(24)28)12-18(17)26-16-8-4-6-10-20(16)30-2/h3-12,25-26H,1-2H3,(H2,23,27)(H2,24,28). The predicted molar refractivity (Wildman–Crippen MR) is 116 cm³/mol. The van der Waals surface area contributed by atoms with E-state index >= 15 is 0 Å². The van der Waals surface area contributed by atoms with Crippen molar-refractivity contribution < 1.29 is 19.1 Å². The van der Waals surface area contributed by atoms with Gasteiger partial charge in [0.25, 0.3) is 0 Å². The highest BCUT2D eigenvalue weighted by atomic mass is 16.5. The lowest BCUT2D eigenvalue weighted by atomic mass is 10.0. The molecular formula is C22H22N4O4. The Morgan fingerprint density at radius 3 is 1.37 bits per heavy atom. The van der Waals surface area contributed by atoms with Crippen molar-refractivity contribution in [2.75, 3.05) is 24.9 Å². The van der Waals surface area contributed by atoms with Gasteiger partial charge >= 0.3 is 0 Å². The Hall–Kier alpha value is -4.20. The molecule has 0 radical (unpaired) electrons. The minimum atomic E-state index is -0.768. The molecule has 30 heavy (non-hydrogen) atoms. The van der Waals surface area contributed by atoms with Gasteiger partial charge in [0.1, 0.15) is 11.5 Å². The molecule has 0 saturated heterocycles. The Kier molecular flexibility index (Phi) is 6.07. The van der Waals surface area contributed by atoms with Crippen molar-refractivity contribution in [3.8, 4) is 11.5 Å². The van der Waals surface area contributed by atoms with Gasteiger partial charge < -0.3 is 31.6 Å². The Labute approximate surface area is 173 Å². The number of anilines is 4. The Balaban J connectivity index is 2.16. The predicted octanol–water partition coefficient (Wildman–Crippen LogP) is 3.39. The first-order valence-corrected chi connectivity index (χ1v) is 9.02. The molecule has 0 heterocycles. The average molecular weight is 406 g/mol. The van der Waals surface area contributed by atoms with E-state index < -0.39 is 11.8 Å². The third-order valence-electron chi connectivity index (χ3n) is 4.44. The molecule has 0 aliphatic heterocycles. The molecule has 3 rings (SSSR count). The summed E-state index contributed by atoms with van der Waals surface area (Å²) in [6, 6.07) is 17.5. The summed E-state index contributed by atoms with van der Waals surface area (Å²) in [4.78, 5) is 23.9. The number of hydrogen-bond donors (Lipinski definition) is 4. The number of rotatable bonds is 8. The summed E-state index contributed by atoms with van der Waals surface area (Å²) in [5.41, 5.74) is 13.3. The van der Waals surface area contributed by atoms with Gasteiger partial charge in [0.05, 0.1) is 48.1 Å². The van der Waals surface area contributed by atoms with Gasteiger partial charge in [-0.3, -0.25) is 9.59 Å². The van der Waals surface area contributed by atoms with E-state index in [1.54, 1.807) is 26.4 Å². The zero-order chi connectivity index (χ0) is 21.7. The first-order valence-electron chi connectivity index (χ1n) is 9.02. The first kappa shape index (κ1) is 20.5. The number of para-hydroxylation sites is 4. The van der Waals surface area contributed by atoms with E-state index in [-0.39, 0.29) is 11.1 Å². The second-order valence-electron chi connectivity index (χ2n) is 6.32. The fourth-order valence-corrected chi connectivity index (χ4v) is 3.00. The van der Waals surface area contributed by atoms with Crippen molar-refractivity contribution in [1.29, 1.82) is 0 Å². The van der Waals surface area contributed by atoms with Crippen LogP contribution in [0.25, 0.3) is 0 Å². The van der Waals surface area contributed by atoms with E-state index in [0.717, 1.165) is 0 Å². The maximum Gasteiger partial charge on any atom is 0.249 e. The number of ether oxygens (including phenoxy) is 2. The molecule has 154 valence electrons. The lowest BCUT2D eigenvalue weighted by Crippen LogP contribution is -2.21. The molecule has 0 aliphatic carbocycles. The Morgan fingerprint density at radius 2 is 1.03 bits per heavy atom. The molecule has 2 amide bonds. The number of methoxy groups -OCH3 is 2. The SMILES string of the molecule is COc1ccccc1Nc1cc(C(N)=O)c(C(N)=O)cc1Nc1ccccc1OC. The van der Waals surface area contributed by atoms with Gasteiger partial charge in [0.2, 0.25) is 11.8 Å². The van der Waals surface area contributed by atoms with Crippen LogP contribution in [-0.2, 0) is 0 Å². The number of carbonyl (C=O) groups is 2. The number of carbonyl (C=O) groups excluding carboxylic acids is 2. The number of hydrogen-bond acceptors (Lipinski definition) is 6. The third-order valence-corrected chi connectivity index (χ3v) is 4.44. The highest BCUT2D eigenvalue weighted by Crippen LogP contribution is 2.36. The van der Waals surface area contributed by atoms with Gasteiger partial charge in [-0.1, -0.05) is 24.3 Å². The highest BCUT2D eigenvalue weighted by molar-refractivity contribution is 6.08. The van der Waals surface area contributed by atoms with Crippen LogP contribution in [0.2, 0.25) is 0 Å².